The Balaban J connectivity index is 3.18. The van der Waals surface area contributed by atoms with E-state index in [-0.39, 0.29) is 0 Å². The molecule has 0 aliphatic rings. The zero-order valence-corrected chi connectivity index (χ0v) is 12.3. The fourth-order valence-corrected chi connectivity index (χ4v) is 2.03. The van der Waals surface area contributed by atoms with Gasteiger partial charge in [0.1, 0.15) is 0 Å². The van der Waals surface area contributed by atoms with E-state index in [4.69, 9.17) is 0 Å². The minimum atomic E-state index is -1.47. The summed E-state index contributed by atoms with van der Waals surface area (Å²) in [6, 6.07) is 0. The molecule has 0 aromatic rings. The van der Waals surface area contributed by atoms with Crippen molar-refractivity contribution in [2.75, 3.05) is 0 Å². The van der Waals surface area contributed by atoms with Crippen molar-refractivity contribution in [3.05, 3.63) is 12.7 Å². The van der Waals surface area contributed by atoms with Crippen LogP contribution in [-0.4, -0.2) is 12.3 Å². The Labute approximate surface area is 117 Å². The quantitative estimate of drug-likeness (QED) is 0.257. The number of unbranched alkanes of at least 4 members (excludes halogenated alkanes) is 9. The molecule has 0 rings (SSSR count). The van der Waals surface area contributed by atoms with Crippen LogP contribution in [0.2, 0.25) is 0 Å². The second-order valence-electron chi connectivity index (χ2n) is 5.02. The average Bonchev–Trinajstić information content (AvgIpc) is 2.40. The SMILES string of the molecule is C=CC(=O)OC(F)CCCCCCCCCCCC. The molecule has 3 heteroatoms. The summed E-state index contributed by atoms with van der Waals surface area (Å²) in [6.07, 6.45) is 11.9. The van der Waals surface area contributed by atoms with Crippen LogP contribution in [0.1, 0.15) is 77.6 Å². The molecule has 0 saturated heterocycles. The van der Waals surface area contributed by atoms with Gasteiger partial charge in [-0.15, -0.1) is 0 Å². The zero-order chi connectivity index (χ0) is 14.3. The maximum absolute atomic E-state index is 13.1. The maximum atomic E-state index is 13.1. The predicted octanol–water partition coefficient (Wildman–Crippen LogP) is 5.32. The van der Waals surface area contributed by atoms with E-state index in [0.29, 0.717) is 6.42 Å². The molecular formula is C16H29FO2. The van der Waals surface area contributed by atoms with Crippen LogP contribution in [0.5, 0.6) is 0 Å². The van der Waals surface area contributed by atoms with E-state index in [9.17, 15) is 9.18 Å². The number of ether oxygens (including phenoxy) is 1. The minimum absolute atomic E-state index is 0.302. The van der Waals surface area contributed by atoms with Gasteiger partial charge in [0, 0.05) is 12.5 Å². The summed E-state index contributed by atoms with van der Waals surface area (Å²) in [6.45, 7) is 5.46. The van der Waals surface area contributed by atoms with E-state index >= 15 is 0 Å². The molecular weight excluding hydrogens is 243 g/mol. The Morgan fingerprint density at radius 1 is 1.05 bits per heavy atom. The molecule has 0 aliphatic heterocycles. The molecule has 0 radical (unpaired) electrons. The largest absolute Gasteiger partial charge is 0.428 e. The molecule has 0 bridgehead atoms. The van der Waals surface area contributed by atoms with Crippen LogP contribution in [-0.2, 0) is 9.53 Å². The van der Waals surface area contributed by atoms with Crippen molar-refractivity contribution in [3.63, 3.8) is 0 Å². The first-order chi connectivity index (χ1) is 9.20. The Morgan fingerprint density at radius 2 is 1.53 bits per heavy atom. The first kappa shape index (κ1) is 18.1. The number of esters is 1. The van der Waals surface area contributed by atoms with Crippen molar-refractivity contribution >= 4 is 5.97 Å². The monoisotopic (exact) mass is 272 g/mol. The number of hydrogen-bond acceptors (Lipinski definition) is 2. The third kappa shape index (κ3) is 13.4. The zero-order valence-electron chi connectivity index (χ0n) is 12.3. The van der Waals surface area contributed by atoms with Crippen molar-refractivity contribution in [2.24, 2.45) is 0 Å². The standard InChI is InChI=1S/C16H29FO2/c1-3-5-6-7-8-9-10-11-12-13-14-15(17)19-16(18)4-2/h4,15H,2-3,5-14H2,1H3. The van der Waals surface area contributed by atoms with Crippen LogP contribution in [0.3, 0.4) is 0 Å². The molecule has 0 spiro atoms. The van der Waals surface area contributed by atoms with E-state index in [1.54, 1.807) is 0 Å². The Kier molecular flexibility index (Phi) is 13.0. The van der Waals surface area contributed by atoms with E-state index in [1.165, 1.54) is 44.9 Å². The number of hydrogen-bond donors (Lipinski definition) is 0. The Bertz CT molecular complexity index is 229. The van der Waals surface area contributed by atoms with Gasteiger partial charge in [0.05, 0.1) is 0 Å². The van der Waals surface area contributed by atoms with Crippen molar-refractivity contribution in [2.45, 2.75) is 83.9 Å². The van der Waals surface area contributed by atoms with E-state index in [1.807, 2.05) is 0 Å². The van der Waals surface area contributed by atoms with Gasteiger partial charge in [-0.25, -0.2) is 9.18 Å². The normalized spacial score (nSPS) is 12.1. The van der Waals surface area contributed by atoms with Crippen LogP contribution in [0, 0.1) is 0 Å². The summed E-state index contributed by atoms with van der Waals surface area (Å²) in [5.74, 6) is -0.681. The molecule has 1 atom stereocenters. The van der Waals surface area contributed by atoms with Crippen molar-refractivity contribution in [3.8, 4) is 0 Å². The molecule has 0 aromatic carbocycles. The third-order valence-corrected chi connectivity index (χ3v) is 3.20. The molecule has 0 aromatic heterocycles. The van der Waals surface area contributed by atoms with Gasteiger partial charge in [-0.1, -0.05) is 71.3 Å². The van der Waals surface area contributed by atoms with Gasteiger partial charge in [0.25, 0.3) is 0 Å². The van der Waals surface area contributed by atoms with Crippen molar-refractivity contribution < 1.29 is 13.9 Å². The minimum Gasteiger partial charge on any atom is -0.428 e. The van der Waals surface area contributed by atoms with Crippen molar-refractivity contribution in [1.82, 2.24) is 0 Å². The van der Waals surface area contributed by atoms with Gasteiger partial charge in [-0.2, -0.15) is 0 Å². The van der Waals surface area contributed by atoms with Gasteiger partial charge >= 0.3 is 5.97 Å². The fraction of sp³-hybridized carbons (Fsp3) is 0.812. The second kappa shape index (κ2) is 13.6. The summed E-state index contributed by atoms with van der Waals surface area (Å²) in [5, 5.41) is 0. The maximum Gasteiger partial charge on any atom is 0.332 e. The predicted molar refractivity (Wildman–Crippen MR) is 77.6 cm³/mol. The van der Waals surface area contributed by atoms with Gasteiger partial charge in [0.2, 0.25) is 6.36 Å². The summed E-state index contributed by atoms with van der Waals surface area (Å²) in [7, 11) is 0. The highest BCUT2D eigenvalue weighted by Gasteiger charge is 2.09. The number of rotatable bonds is 13. The molecule has 0 saturated carbocycles. The molecule has 0 amide bonds. The van der Waals surface area contributed by atoms with Crippen molar-refractivity contribution in [1.29, 1.82) is 0 Å². The lowest BCUT2D eigenvalue weighted by atomic mass is 10.1. The number of alkyl halides is 1. The van der Waals surface area contributed by atoms with Crippen LogP contribution in [0.25, 0.3) is 0 Å². The highest BCUT2D eigenvalue weighted by atomic mass is 19.1. The summed E-state index contributed by atoms with van der Waals surface area (Å²) in [5.41, 5.74) is 0. The van der Waals surface area contributed by atoms with Crippen LogP contribution < -0.4 is 0 Å². The van der Waals surface area contributed by atoms with E-state index < -0.39 is 12.3 Å². The summed E-state index contributed by atoms with van der Waals surface area (Å²) >= 11 is 0. The lowest BCUT2D eigenvalue weighted by Crippen LogP contribution is -2.11. The first-order valence-corrected chi connectivity index (χ1v) is 7.67. The van der Waals surface area contributed by atoms with Crippen LogP contribution in [0.4, 0.5) is 4.39 Å². The number of carbonyl (C=O) groups is 1. The van der Waals surface area contributed by atoms with Gasteiger partial charge in [-0.05, 0) is 6.42 Å². The lowest BCUT2D eigenvalue weighted by Gasteiger charge is -2.08. The van der Waals surface area contributed by atoms with Gasteiger partial charge < -0.3 is 4.74 Å². The molecule has 0 N–H and O–H groups in total. The average molecular weight is 272 g/mol. The molecule has 19 heavy (non-hydrogen) atoms. The molecule has 0 fully saturated rings. The number of halogens is 1. The van der Waals surface area contributed by atoms with Gasteiger partial charge in [-0.3, -0.25) is 0 Å². The van der Waals surface area contributed by atoms with E-state index in [2.05, 4.69) is 18.2 Å². The molecule has 0 heterocycles. The lowest BCUT2D eigenvalue weighted by molar-refractivity contribution is -0.152. The molecule has 2 nitrogen and oxygen atoms in total. The highest BCUT2D eigenvalue weighted by molar-refractivity contribution is 5.81. The summed E-state index contributed by atoms with van der Waals surface area (Å²) in [4.78, 5) is 10.7. The van der Waals surface area contributed by atoms with Crippen LogP contribution >= 0.6 is 0 Å². The topological polar surface area (TPSA) is 26.3 Å². The highest BCUT2D eigenvalue weighted by Crippen LogP contribution is 2.13. The Morgan fingerprint density at radius 3 is 2.00 bits per heavy atom. The van der Waals surface area contributed by atoms with E-state index in [0.717, 1.165) is 25.3 Å². The Hall–Kier alpha value is -0.860. The fourth-order valence-electron chi connectivity index (χ4n) is 2.03. The third-order valence-electron chi connectivity index (χ3n) is 3.20. The molecule has 1 unspecified atom stereocenters. The second-order valence-corrected chi connectivity index (χ2v) is 5.02. The van der Waals surface area contributed by atoms with Crippen LogP contribution in [0.15, 0.2) is 12.7 Å². The summed E-state index contributed by atoms with van der Waals surface area (Å²) < 4.78 is 17.6. The molecule has 0 aliphatic carbocycles. The van der Waals surface area contributed by atoms with Gasteiger partial charge in [0.15, 0.2) is 0 Å². The number of carbonyl (C=O) groups excluding carboxylic acids is 1. The molecule has 112 valence electrons. The smallest absolute Gasteiger partial charge is 0.332 e. The first-order valence-electron chi connectivity index (χ1n) is 7.67.